The first-order chi connectivity index (χ1) is 5.41. The van der Waals surface area contributed by atoms with Crippen molar-refractivity contribution in [2.24, 2.45) is 0 Å². The Morgan fingerprint density at radius 3 is 1.92 bits per heavy atom. The van der Waals surface area contributed by atoms with Crippen LogP contribution in [0.1, 0.15) is 11.1 Å². The summed E-state index contributed by atoms with van der Waals surface area (Å²) in [5.74, 6) is 0. The second-order valence-corrected chi connectivity index (χ2v) is 2.92. The second kappa shape index (κ2) is 4.98. The van der Waals surface area contributed by atoms with E-state index >= 15 is 0 Å². The summed E-state index contributed by atoms with van der Waals surface area (Å²) in [7, 11) is 0. The van der Waals surface area contributed by atoms with Gasteiger partial charge in [0.05, 0.1) is 0 Å². The molecule has 0 saturated carbocycles. The molecule has 13 heavy (non-hydrogen) atoms. The topological polar surface area (TPSA) is 0 Å². The maximum Gasteiger partial charge on any atom is 1.00 e. The smallest absolute Gasteiger partial charge is 0.445 e. The molecule has 1 aromatic carbocycles. The summed E-state index contributed by atoms with van der Waals surface area (Å²) in [5, 5.41) is 0. The summed E-state index contributed by atoms with van der Waals surface area (Å²) in [5.41, 5.74) is 1.06. The van der Waals surface area contributed by atoms with Gasteiger partial charge in [-0.1, -0.05) is 23.8 Å². The van der Waals surface area contributed by atoms with Crippen LogP contribution in [0.4, 0.5) is 12.9 Å². The Kier molecular flexibility index (Phi) is 5.25. The molecule has 0 aliphatic rings. The molecule has 0 unspecified atom stereocenters. The van der Waals surface area contributed by atoms with Crippen LogP contribution >= 0.6 is 0 Å². The van der Waals surface area contributed by atoms with Gasteiger partial charge in [-0.15, -0.1) is 5.46 Å². The number of benzene rings is 1. The second-order valence-electron chi connectivity index (χ2n) is 2.92. The summed E-state index contributed by atoms with van der Waals surface area (Å²) in [4.78, 5) is 0. The van der Waals surface area contributed by atoms with Crippen LogP contribution in [-0.2, 0) is 0 Å². The van der Waals surface area contributed by atoms with Crippen LogP contribution in [0, 0.1) is 13.8 Å². The fraction of sp³-hybridized carbons (Fsp3) is 0.250. The molecule has 0 aliphatic heterocycles. The van der Waals surface area contributed by atoms with E-state index in [1.807, 2.05) is 0 Å². The van der Waals surface area contributed by atoms with Crippen molar-refractivity contribution >= 4 is 12.4 Å². The van der Waals surface area contributed by atoms with E-state index in [1.54, 1.807) is 13.8 Å². The van der Waals surface area contributed by atoms with Gasteiger partial charge in [0.2, 0.25) is 0 Å². The molecule has 0 spiro atoms. The van der Waals surface area contributed by atoms with Gasteiger partial charge >= 0.3 is 58.4 Å². The van der Waals surface area contributed by atoms with Crippen molar-refractivity contribution in [2.45, 2.75) is 13.8 Å². The van der Waals surface area contributed by atoms with Crippen LogP contribution in [0.3, 0.4) is 0 Å². The van der Waals surface area contributed by atoms with E-state index in [-0.39, 0.29) is 51.4 Å². The van der Waals surface area contributed by atoms with Crippen molar-refractivity contribution in [1.82, 2.24) is 0 Å². The maximum atomic E-state index is 12.2. The minimum absolute atomic E-state index is 0. The SMILES string of the molecule is Cc1ccc([B-](F)(F)F)cc1C.[K+]. The Labute approximate surface area is 118 Å². The molecule has 0 fully saturated rings. The number of halogens is 3. The Morgan fingerprint density at radius 2 is 1.54 bits per heavy atom. The molecular formula is C8H9BF3K. The molecule has 0 aromatic heterocycles. The molecule has 0 saturated heterocycles. The van der Waals surface area contributed by atoms with Gasteiger partial charge in [0.15, 0.2) is 0 Å². The third-order valence-electron chi connectivity index (χ3n) is 1.91. The van der Waals surface area contributed by atoms with E-state index in [9.17, 15) is 12.9 Å². The van der Waals surface area contributed by atoms with Crippen LogP contribution in [0.25, 0.3) is 0 Å². The maximum absolute atomic E-state index is 12.2. The zero-order valence-corrected chi connectivity index (χ0v) is 11.1. The third kappa shape index (κ3) is 3.75. The van der Waals surface area contributed by atoms with Crippen molar-refractivity contribution in [3.05, 3.63) is 29.3 Å². The van der Waals surface area contributed by atoms with Crippen LogP contribution in [0.2, 0.25) is 0 Å². The molecule has 0 radical (unpaired) electrons. The van der Waals surface area contributed by atoms with Gasteiger partial charge < -0.3 is 12.9 Å². The van der Waals surface area contributed by atoms with Crippen molar-refractivity contribution in [3.8, 4) is 0 Å². The first-order valence-electron chi connectivity index (χ1n) is 3.68. The summed E-state index contributed by atoms with van der Waals surface area (Å²) in [6.45, 7) is -1.36. The molecule has 0 bridgehead atoms. The van der Waals surface area contributed by atoms with Gasteiger partial charge in [0.1, 0.15) is 0 Å². The summed E-state index contributed by atoms with van der Waals surface area (Å²) in [6, 6.07) is 3.82. The van der Waals surface area contributed by atoms with Crippen LogP contribution in [-0.4, -0.2) is 6.98 Å². The van der Waals surface area contributed by atoms with E-state index in [4.69, 9.17) is 0 Å². The normalized spacial score (nSPS) is 10.8. The van der Waals surface area contributed by atoms with Gasteiger partial charge in [0, 0.05) is 0 Å². The first kappa shape index (κ1) is 13.7. The quantitative estimate of drug-likeness (QED) is 0.543. The fourth-order valence-corrected chi connectivity index (χ4v) is 0.968. The van der Waals surface area contributed by atoms with E-state index in [0.29, 0.717) is 5.56 Å². The Bertz CT molecular complexity index is 296. The first-order valence-corrected chi connectivity index (χ1v) is 3.68. The number of hydrogen-bond acceptors (Lipinski definition) is 0. The number of hydrogen-bond donors (Lipinski definition) is 0. The minimum atomic E-state index is -4.84. The molecule has 5 heteroatoms. The standard InChI is InChI=1S/C8H9BF3.K/c1-6-3-4-8(5-7(6)2)9(10,11)12;/h3-5H,1-2H3;/q-1;+1. The molecule has 0 aliphatic carbocycles. The summed E-state index contributed by atoms with van der Waals surface area (Å²) < 4.78 is 36.5. The van der Waals surface area contributed by atoms with Crippen molar-refractivity contribution in [1.29, 1.82) is 0 Å². The molecule has 0 atom stereocenters. The van der Waals surface area contributed by atoms with Crippen molar-refractivity contribution in [2.75, 3.05) is 0 Å². The molecule has 0 amide bonds. The molecule has 0 heterocycles. The third-order valence-corrected chi connectivity index (χ3v) is 1.91. The monoisotopic (exact) mass is 212 g/mol. The largest absolute Gasteiger partial charge is 1.00 e. The van der Waals surface area contributed by atoms with Gasteiger partial charge in [-0.05, 0) is 19.4 Å². The molecule has 0 nitrogen and oxygen atoms in total. The average molecular weight is 212 g/mol. The van der Waals surface area contributed by atoms with E-state index < -0.39 is 12.4 Å². The van der Waals surface area contributed by atoms with Gasteiger partial charge in [-0.25, -0.2) is 0 Å². The predicted octanol–water partition coefficient (Wildman–Crippen LogP) is -0.638. The Morgan fingerprint density at radius 1 is 1.00 bits per heavy atom. The Balaban J connectivity index is 0.00000144. The molecule has 0 N–H and O–H groups in total. The minimum Gasteiger partial charge on any atom is -0.445 e. The van der Waals surface area contributed by atoms with Gasteiger partial charge in [-0.3, -0.25) is 0 Å². The van der Waals surface area contributed by atoms with Crippen LogP contribution in [0.5, 0.6) is 0 Å². The predicted molar refractivity (Wildman–Crippen MR) is 44.6 cm³/mol. The van der Waals surface area contributed by atoms with Crippen molar-refractivity contribution < 1.29 is 64.3 Å². The van der Waals surface area contributed by atoms with E-state index in [1.165, 1.54) is 12.1 Å². The number of rotatable bonds is 1. The Hall–Kier alpha value is 0.711. The molecular weight excluding hydrogens is 203 g/mol. The summed E-state index contributed by atoms with van der Waals surface area (Å²) in [6.07, 6.45) is 0. The van der Waals surface area contributed by atoms with Crippen LogP contribution < -0.4 is 56.8 Å². The summed E-state index contributed by atoms with van der Waals surface area (Å²) >= 11 is 0. The van der Waals surface area contributed by atoms with Crippen LogP contribution in [0.15, 0.2) is 18.2 Å². The zero-order chi connectivity index (χ0) is 9.35. The van der Waals surface area contributed by atoms with E-state index in [0.717, 1.165) is 11.6 Å². The van der Waals surface area contributed by atoms with E-state index in [2.05, 4.69) is 0 Å². The molecule has 1 aromatic rings. The zero-order valence-electron chi connectivity index (χ0n) is 7.94. The average Bonchev–Trinajstić information content (AvgIpc) is 1.92. The molecule has 66 valence electrons. The number of aryl methyl sites for hydroxylation is 2. The van der Waals surface area contributed by atoms with Gasteiger partial charge in [-0.2, -0.15) is 0 Å². The fourth-order valence-electron chi connectivity index (χ4n) is 0.968. The van der Waals surface area contributed by atoms with Gasteiger partial charge in [0.25, 0.3) is 0 Å². The van der Waals surface area contributed by atoms with Crippen molar-refractivity contribution in [3.63, 3.8) is 0 Å². The molecule has 1 rings (SSSR count).